The first-order valence-corrected chi connectivity index (χ1v) is 6.90. The summed E-state index contributed by atoms with van der Waals surface area (Å²) in [5.41, 5.74) is 4.63. The van der Waals surface area contributed by atoms with Crippen molar-refractivity contribution in [2.75, 3.05) is 11.4 Å². The van der Waals surface area contributed by atoms with Gasteiger partial charge in [-0.2, -0.15) is 0 Å². The molecule has 0 fully saturated rings. The fourth-order valence-corrected chi connectivity index (χ4v) is 2.86. The van der Waals surface area contributed by atoms with Crippen LogP contribution in [0, 0.1) is 0 Å². The number of hydrogen-bond donors (Lipinski definition) is 0. The molecule has 4 rings (SSSR count). The van der Waals surface area contributed by atoms with Crippen molar-refractivity contribution in [1.82, 2.24) is 14.5 Å². The number of hydrogen-bond acceptors (Lipinski definition) is 3. The van der Waals surface area contributed by atoms with E-state index in [1.54, 1.807) is 23.6 Å². The van der Waals surface area contributed by atoms with Gasteiger partial charge in [0.2, 0.25) is 0 Å². The molecular weight excluding hydrogens is 264 g/mol. The number of amides is 1. The molecule has 5 heteroatoms. The quantitative estimate of drug-likeness (QED) is 0.685. The fraction of sp³-hybridized carbons (Fsp3) is 0.188. The molecule has 0 saturated heterocycles. The number of carbonyl (C=O) groups is 1. The number of benzene rings is 1. The van der Waals surface area contributed by atoms with Gasteiger partial charge in [0.15, 0.2) is 0 Å². The van der Waals surface area contributed by atoms with Crippen LogP contribution in [0.3, 0.4) is 0 Å². The van der Waals surface area contributed by atoms with Crippen LogP contribution in [0.1, 0.15) is 15.9 Å². The number of carbonyl (C=O) groups excluding carboxylic acids is 1. The first-order valence-electron chi connectivity index (χ1n) is 6.90. The van der Waals surface area contributed by atoms with Gasteiger partial charge in [-0.3, -0.25) is 9.78 Å². The third-order valence-corrected chi connectivity index (χ3v) is 4.00. The zero-order valence-corrected chi connectivity index (χ0v) is 11.7. The van der Waals surface area contributed by atoms with E-state index >= 15 is 0 Å². The van der Waals surface area contributed by atoms with Crippen molar-refractivity contribution in [3.05, 3.63) is 54.1 Å². The van der Waals surface area contributed by atoms with Gasteiger partial charge < -0.3 is 9.47 Å². The van der Waals surface area contributed by atoms with E-state index in [-0.39, 0.29) is 5.91 Å². The minimum atomic E-state index is 0.00861. The second-order valence-corrected chi connectivity index (χ2v) is 5.27. The molecule has 0 saturated carbocycles. The number of nitrogens with zero attached hydrogens (tertiary/aromatic N) is 4. The molecule has 3 heterocycles. The van der Waals surface area contributed by atoms with Crippen molar-refractivity contribution in [2.45, 2.75) is 6.42 Å². The highest BCUT2D eigenvalue weighted by molar-refractivity contribution is 6.08. The van der Waals surface area contributed by atoms with E-state index in [1.807, 2.05) is 35.9 Å². The zero-order chi connectivity index (χ0) is 14.4. The molecule has 1 aromatic carbocycles. The molecule has 5 nitrogen and oxygen atoms in total. The molecule has 0 unspecified atom stereocenters. The molecule has 1 aliphatic rings. The summed E-state index contributed by atoms with van der Waals surface area (Å²) in [5, 5.41) is 0. The molecule has 1 aliphatic heterocycles. The highest BCUT2D eigenvalue weighted by Gasteiger charge is 2.25. The topological polar surface area (TPSA) is 51.0 Å². The van der Waals surface area contributed by atoms with E-state index < -0.39 is 0 Å². The minimum Gasteiger partial charge on any atom is -0.334 e. The average molecular weight is 278 g/mol. The molecule has 0 atom stereocenters. The van der Waals surface area contributed by atoms with Gasteiger partial charge in [-0.25, -0.2) is 4.98 Å². The number of imidazole rings is 1. The van der Waals surface area contributed by atoms with Crippen molar-refractivity contribution in [1.29, 1.82) is 0 Å². The molecule has 1 amide bonds. The van der Waals surface area contributed by atoms with E-state index in [0.29, 0.717) is 12.1 Å². The molecule has 0 N–H and O–H groups in total. The van der Waals surface area contributed by atoms with E-state index in [2.05, 4.69) is 9.97 Å². The minimum absolute atomic E-state index is 0.00861. The van der Waals surface area contributed by atoms with Crippen molar-refractivity contribution < 1.29 is 4.79 Å². The largest absolute Gasteiger partial charge is 0.334 e. The maximum Gasteiger partial charge on any atom is 0.258 e. The molecule has 21 heavy (non-hydrogen) atoms. The fourth-order valence-electron chi connectivity index (χ4n) is 2.86. The molecule has 0 aliphatic carbocycles. The smallest absolute Gasteiger partial charge is 0.258 e. The number of anilines is 1. The van der Waals surface area contributed by atoms with Gasteiger partial charge in [0.05, 0.1) is 29.2 Å². The Labute approximate surface area is 121 Å². The van der Waals surface area contributed by atoms with Gasteiger partial charge in [0, 0.05) is 25.4 Å². The summed E-state index contributed by atoms with van der Waals surface area (Å²) in [7, 11) is 1.94. The maximum atomic E-state index is 12.7. The van der Waals surface area contributed by atoms with Crippen molar-refractivity contribution >= 4 is 22.6 Å². The molecule has 2 aromatic heterocycles. The van der Waals surface area contributed by atoms with Crippen LogP contribution in [0.15, 0.2) is 43.0 Å². The third kappa shape index (κ3) is 1.81. The molecule has 0 radical (unpaired) electrons. The lowest BCUT2D eigenvalue weighted by molar-refractivity contribution is 0.0989. The van der Waals surface area contributed by atoms with Gasteiger partial charge in [0.25, 0.3) is 5.91 Å². The molecule has 3 aromatic rings. The second-order valence-electron chi connectivity index (χ2n) is 5.27. The second kappa shape index (κ2) is 4.41. The van der Waals surface area contributed by atoms with Crippen molar-refractivity contribution in [3.63, 3.8) is 0 Å². The SMILES string of the molecule is Cn1cnc2cc(C(=O)N3CCc4ccncc43)ccc21. The standard InChI is InChI=1S/C16H14N4O/c1-19-10-18-13-8-12(2-3-14(13)19)16(21)20-7-5-11-4-6-17-9-15(11)20/h2-4,6,8-10H,5,7H2,1H3. The number of pyridine rings is 1. The van der Waals surface area contributed by atoms with E-state index in [9.17, 15) is 4.79 Å². The number of aryl methyl sites for hydroxylation is 1. The summed E-state index contributed by atoms with van der Waals surface area (Å²) >= 11 is 0. The Bertz CT molecular complexity index is 852. The lowest BCUT2D eigenvalue weighted by Gasteiger charge is -2.16. The Morgan fingerprint density at radius 3 is 3.10 bits per heavy atom. The predicted octanol–water partition coefficient (Wildman–Crippen LogP) is 2.17. The molecule has 104 valence electrons. The van der Waals surface area contributed by atoms with E-state index in [0.717, 1.165) is 23.1 Å². The highest BCUT2D eigenvalue weighted by atomic mass is 16.2. The van der Waals surface area contributed by atoms with Crippen LogP contribution < -0.4 is 4.90 Å². The Morgan fingerprint density at radius 2 is 2.19 bits per heavy atom. The van der Waals surface area contributed by atoms with Crippen LogP contribution in [-0.4, -0.2) is 27.0 Å². The number of rotatable bonds is 1. The summed E-state index contributed by atoms with van der Waals surface area (Å²) in [4.78, 5) is 23.0. The van der Waals surface area contributed by atoms with Gasteiger partial charge in [-0.15, -0.1) is 0 Å². The normalized spacial score (nSPS) is 13.7. The van der Waals surface area contributed by atoms with Crippen molar-refractivity contribution in [2.24, 2.45) is 7.05 Å². The zero-order valence-electron chi connectivity index (χ0n) is 11.7. The van der Waals surface area contributed by atoms with Crippen molar-refractivity contribution in [3.8, 4) is 0 Å². The van der Waals surface area contributed by atoms with Crippen LogP contribution >= 0.6 is 0 Å². The summed E-state index contributed by atoms with van der Waals surface area (Å²) < 4.78 is 1.94. The van der Waals surface area contributed by atoms with Crippen LogP contribution in [0.5, 0.6) is 0 Å². The molecular formula is C16H14N4O. The monoisotopic (exact) mass is 278 g/mol. The predicted molar refractivity (Wildman–Crippen MR) is 80.3 cm³/mol. The lowest BCUT2D eigenvalue weighted by atomic mass is 10.1. The van der Waals surface area contributed by atoms with Gasteiger partial charge in [-0.05, 0) is 36.2 Å². The van der Waals surface area contributed by atoms with Gasteiger partial charge >= 0.3 is 0 Å². The Hall–Kier alpha value is -2.69. The van der Waals surface area contributed by atoms with Gasteiger partial charge in [-0.1, -0.05) is 0 Å². The maximum absolute atomic E-state index is 12.7. The Morgan fingerprint density at radius 1 is 1.29 bits per heavy atom. The van der Waals surface area contributed by atoms with E-state index in [4.69, 9.17) is 0 Å². The summed E-state index contributed by atoms with van der Waals surface area (Å²) in [6, 6.07) is 7.63. The molecule has 0 bridgehead atoms. The summed E-state index contributed by atoms with van der Waals surface area (Å²) in [5.74, 6) is 0.00861. The third-order valence-electron chi connectivity index (χ3n) is 4.00. The van der Waals surface area contributed by atoms with E-state index in [1.165, 1.54) is 5.56 Å². The Kier molecular flexibility index (Phi) is 2.54. The number of fused-ring (bicyclic) bond motifs is 2. The first-order chi connectivity index (χ1) is 10.2. The van der Waals surface area contributed by atoms with Crippen LogP contribution in [0.4, 0.5) is 5.69 Å². The molecule has 0 spiro atoms. The summed E-state index contributed by atoms with van der Waals surface area (Å²) in [6.07, 6.45) is 6.18. The lowest BCUT2D eigenvalue weighted by Crippen LogP contribution is -2.28. The highest BCUT2D eigenvalue weighted by Crippen LogP contribution is 2.28. The van der Waals surface area contributed by atoms with Crippen LogP contribution in [0.25, 0.3) is 11.0 Å². The first kappa shape index (κ1) is 12.1. The summed E-state index contributed by atoms with van der Waals surface area (Å²) in [6.45, 7) is 0.708. The number of aromatic nitrogens is 3. The Balaban J connectivity index is 1.74. The van der Waals surface area contributed by atoms with Crippen LogP contribution in [-0.2, 0) is 13.5 Å². The average Bonchev–Trinajstić information content (AvgIpc) is 3.10. The van der Waals surface area contributed by atoms with Crippen LogP contribution in [0.2, 0.25) is 0 Å². The van der Waals surface area contributed by atoms with Gasteiger partial charge in [0.1, 0.15) is 0 Å².